The van der Waals surface area contributed by atoms with Gasteiger partial charge >= 0.3 is 0 Å². The van der Waals surface area contributed by atoms with Crippen LogP contribution in [0.15, 0.2) is 77.9 Å². The first kappa shape index (κ1) is 24.4. The van der Waals surface area contributed by atoms with Crippen molar-refractivity contribution in [1.29, 1.82) is 0 Å². The number of aliphatic imine (C=N–C) groups is 1. The summed E-state index contributed by atoms with van der Waals surface area (Å²) in [4.78, 5) is 31.9. The van der Waals surface area contributed by atoms with Gasteiger partial charge in [0.25, 0.3) is 5.91 Å². The number of halogens is 1. The van der Waals surface area contributed by atoms with E-state index < -0.39 is 5.41 Å². The molecule has 3 N–H and O–H groups in total. The number of carbonyl (C=O) groups excluding carboxylic acids is 1. The second-order valence-electron chi connectivity index (χ2n) is 9.86. The van der Waals surface area contributed by atoms with E-state index in [1.165, 1.54) is 6.07 Å². The number of pyridine rings is 1. The maximum absolute atomic E-state index is 14.4. The molecule has 0 atom stereocenters. The summed E-state index contributed by atoms with van der Waals surface area (Å²) >= 11 is 0. The number of amidine groups is 1. The lowest BCUT2D eigenvalue weighted by Crippen LogP contribution is -2.35. The molecule has 10 heteroatoms. The van der Waals surface area contributed by atoms with E-state index in [2.05, 4.69) is 20.3 Å². The molecule has 0 unspecified atom stereocenters. The largest absolute Gasteiger partial charge is 0.386 e. The van der Waals surface area contributed by atoms with Crippen molar-refractivity contribution in [3.63, 3.8) is 0 Å². The molecular weight excluding hydrogens is 495 g/mol. The van der Waals surface area contributed by atoms with Crippen LogP contribution >= 0.6 is 0 Å². The van der Waals surface area contributed by atoms with Gasteiger partial charge in [-0.05, 0) is 37.6 Å². The van der Waals surface area contributed by atoms with Crippen LogP contribution in [0.1, 0.15) is 41.0 Å². The topological polar surface area (TPSA) is 124 Å². The van der Waals surface area contributed by atoms with Crippen LogP contribution in [0.2, 0.25) is 0 Å². The van der Waals surface area contributed by atoms with Crippen LogP contribution in [-0.2, 0) is 18.5 Å². The normalized spacial score (nSPS) is 13.8. The van der Waals surface area contributed by atoms with Crippen LogP contribution in [-0.4, -0.2) is 36.5 Å². The van der Waals surface area contributed by atoms with E-state index in [1.54, 1.807) is 35.1 Å². The van der Waals surface area contributed by atoms with E-state index in [-0.39, 0.29) is 29.8 Å². The van der Waals surface area contributed by atoms with Crippen molar-refractivity contribution < 1.29 is 9.18 Å². The average Bonchev–Trinajstić information content (AvgIpc) is 3.42. The zero-order valence-corrected chi connectivity index (χ0v) is 21.4. The lowest BCUT2D eigenvalue weighted by Gasteiger charge is -2.21. The fourth-order valence-electron chi connectivity index (χ4n) is 4.69. The molecule has 9 nitrogen and oxygen atoms in total. The summed E-state index contributed by atoms with van der Waals surface area (Å²) in [5.41, 5.74) is 8.64. The second kappa shape index (κ2) is 9.39. The SMILES string of the molecule is CC1(C)C(N)=Nc2nc(-c3nn(Cc4ccccc4F)c4ncccc34)nc(C(=O)NCc3ccccc3)c21. The summed E-state index contributed by atoms with van der Waals surface area (Å²) in [5.74, 6) is 0.172. The predicted octanol–water partition coefficient (Wildman–Crippen LogP) is 4.29. The van der Waals surface area contributed by atoms with Gasteiger partial charge in [-0.2, -0.15) is 5.10 Å². The highest BCUT2D eigenvalue weighted by Crippen LogP contribution is 2.40. The smallest absolute Gasteiger partial charge is 0.270 e. The average molecular weight is 521 g/mol. The molecule has 3 aromatic heterocycles. The number of fused-ring (bicyclic) bond motifs is 2. The minimum atomic E-state index is -0.735. The van der Waals surface area contributed by atoms with Crippen molar-refractivity contribution >= 4 is 28.6 Å². The van der Waals surface area contributed by atoms with E-state index in [0.717, 1.165) is 5.56 Å². The molecule has 0 spiro atoms. The Morgan fingerprint density at radius 3 is 2.59 bits per heavy atom. The molecule has 194 valence electrons. The third-order valence-electron chi connectivity index (χ3n) is 6.89. The summed E-state index contributed by atoms with van der Waals surface area (Å²) in [6.45, 7) is 4.26. The molecule has 0 saturated carbocycles. The van der Waals surface area contributed by atoms with Crippen molar-refractivity contribution in [2.75, 3.05) is 0 Å². The maximum Gasteiger partial charge on any atom is 0.270 e. The number of nitrogens with one attached hydrogen (secondary N) is 1. The number of hydrogen-bond acceptors (Lipinski definition) is 7. The Kier molecular flexibility index (Phi) is 5.86. The molecule has 6 rings (SSSR count). The lowest BCUT2D eigenvalue weighted by molar-refractivity contribution is 0.0944. The molecule has 1 aliphatic rings. The molecule has 1 aliphatic heterocycles. The van der Waals surface area contributed by atoms with Gasteiger partial charge < -0.3 is 11.1 Å². The summed E-state index contributed by atoms with van der Waals surface area (Å²) in [6.07, 6.45) is 1.64. The van der Waals surface area contributed by atoms with Crippen LogP contribution in [0.3, 0.4) is 0 Å². The molecule has 0 radical (unpaired) electrons. The molecule has 0 aliphatic carbocycles. The highest BCUT2D eigenvalue weighted by Gasteiger charge is 2.40. The van der Waals surface area contributed by atoms with Gasteiger partial charge in [-0.25, -0.2) is 29.0 Å². The fraction of sp³-hybridized carbons (Fsp3) is 0.172. The minimum Gasteiger partial charge on any atom is -0.386 e. The molecular formula is C29H25FN8O. The number of hydrogen-bond donors (Lipinski definition) is 2. The van der Waals surface area contributed by atoms with Crippen molar-refractivity contribution in [2.24, 2.45) is 10.7 Å². The summed E-state index contributed by atoms with van der Waals surface area (Å²) < 4.78 is 16.1. The number of amides is 1. The second-order valence-corrected chi connectivity index (χ2v) is 9.86. The number of aromatic nitrogens is 5. The van der Waals surface area contributed by atoms with Crippen molar-refractivity contribution in [1.82, 2.24) is 30.0 Å². The monoisotopic (exact) mass is 520 g/mol. The summed E-state index contributed by atoms with van der Waals surface area (Å²) in [6, 6.07) is 19.7. The molecule has 5 aromatic rings. The van der Waals surface area contributed by atoms with Gasteiger partial charge in [0.1, 0.15) is 23.0 Å². The van der Waals surface area contributed by atoms with E-state index in [9.17, 15) is 9.18 Å². The number of carbonyl (C=O) groups is 1. The number of nitrogens with zero attached hydrogens (tertiary/aromatic N) is 6. The maximum atomic E-state index is 14.4. The number of nitrogens with two attached hydrogens (primary N) is 1. The van der Waals surface area contributed by atoms with Crippen LogP contribution < -0.4 is 11.1 Å². The Labute approximate surface area is 223 Å². The lowest BCUT2D eigenvalue weighted by atomic mass is 9.84. The minimum absolute atomic E-state index is 0.160. The highest BCUT2D eigenvalue weighted by atomic mass is 19.1. The molecule has 4 heterocycles. The van der Waals surface area contributed by atoms with Crippen LogP contribution in [0.5, 0.6) is 0 Å². The van der Waals surface area contributed by atoms with E-state index in [4.69, 9.17) is 15.8 Å². The van der Waals surface area contributed by atoms with Crippen molar-refractivity contribution in [3.05, 3.63) is 101 Å². The number of rotatable bonds is 6. The van der Waals surface area contributed by atoms with Gasteiger partial charge in [0, 0.05) is 23.9 Å². The van der Waals surface area contributed by atoms with Gasteiger partial charge in [0.05, 0.1) is 17.3 Å². The summed E-state index contributed by atoms with van der Waals surface area (Å²) in [7, 11) is 0. The van der Waals surface area contributed by atoms with Gasteiger partial charge in [-0.3, -0.25) is 4.79 Å². The molecule has 39 heavy (non-hydrogen) atoms. The van der Waals surface area contributed by atoms with Gasteiger partial charge in [-0.1, -0.05) is 48.5 Å². The zero-order chi connectivity index (χ0) is 27.1. The van der Waals surface area contributed by atoms with Gasteiger partial charge in [0.2, 0.25) is 0 Å². The van der Waals surface area contributed by atoms with Crippen molar-refractivity contribution in [2.45, 2.75) is 32.4 Å². The molecule has 0 bridgehead atoms. The molecule has 1 amide bonds. The van der Waals surface area contributed by atoms with Crippen molar-refractivity contribution in [3.8, 4) is 11.5 Å². The first-order chi connectivity index (χ1) is 18.8. The van der Waals surface area contributed by atoms with Gasteiger partial charge in [-0.15, -0.1) is 0 Å². The Hall–Kier alpha value is -4.99. The standard InChI is InChI=1S/C29H25FN8O/c1-29(2)21-23(27(39)33-15-17-9-4-3-5-10-17)34-25(35-24(21)36-28(29)31)22-19-12-8-14-32-26(19)38(37-22)16-18-11-6-7-13-20(18)30/h3-14H,15-16H2,1-2H3,(H,33,39)(H2,31,34,35,36). The quantitative estimate of drug-likeness (QED) is 0.344. The Morgan fingerprint density at radius 1 is 1.03 bits per heavy atom. The Morgan fingerprint density at radius 2 is 1.79 bits per heavy atom. The molecule has 0 saturated heterocycles. The first-order valence-corrected chi connectivity index (χ1v) is 12.5. The highest BCUT2D eigenvalue weighted by molar-refractivity contribution is 6.04. The summed E-state index contributed by atoms with van der Waals surface area (Å²) in [5, 5.41) is 8.34. The number of benzene rings is 2. The van der Waals surface area contributed by atoms with E-state index in [0.29, 0.717) is 46.1 Å². The third-order valence-corrected chi connectivity index (χ3v) is 6.89. The van der Waals surface area contributed by atoms with Crippen LogP contribution in [0, 0.1) is 5.82 Å². The van der Waals surface area contributed by atoms with E-state index >= 15 is 0 Å². The van der Waals surface area contributed by atoms with E-state index in [1.807, 2.05) is 50.2 Å². The van der Waals surface area contributed by atoms with Gasteiger partial charge in [0.15, 0.2) is 17.3 Å². The van der Waals surface area contributed by atoms with Crippen LogP contribution in [0.25, 0.3) is 22.6 Å². The fourth-order valence-corrected chi connectivity index (χ4v) is 4.69. The third kappa shape index (κ3) is 4.29. The predicted molar refractivity (Wildman–Crippen MR) is 146 cm³/mol. The first-order valence-electron chi connectivity index (χ1n) is 12.5. The Bertz CT molecular complexity index is 1760. The molecule has 0 fully saturated rings. The zero-order valence-electron chi connectivity index (χ0n) is 21.4. The van der Waals surface area contributed by atoms with Crippen LogP contribution in [0.4, 0.5) is 10.2 Å². The molecule has 2 aromatic carbocycles. The Balaban J connectivity index is 1.46.